The van der Waals surface area contributed by atoms with E-state index in [0.717, 1.165) is 5.56 Å². The van der Waals surface area contributed by atoms with E-state index in [2.05, 4.69) is 0 Å². The molecule has 0 radical (unpaired) electrons. The summed E-state index contributed by atoms with van der Waals surface area (Å²) in [6.45, 7) is 4.55. The Hall–Kier alpha value is -1.22. The molecule has 2 rings (SSSR count). The van der Waals surface area contributed by atoms with Crippen molar-refractivity contribution in [1.29, 1.82) is 0 Å². The minimum atomic E-state index is -0.254. The number of ether oxygens (including phenoxy) is 2. The van der Waals surface area contributed by atoms with Gasteiger partial charge in [0.05, 0.1) is 6.61 Å². The molecule has 1 aromatic rings. The zero-order valence-corrected chi connectivity index (χ0v) is 8.36. The van der Waals surface area contributed by atoms with E-state index in [4.69, 9.17) is 9.47 Å². The lowest BCUT2D eigenvalue weighted by Gasteiger charge is -2.29. The first-order valence-corrected chi connectivity index (χ1v) is 4.77. The Kier molecular flexibility index (Phi) is 2.33. The molecule has 1 heterocycles. The van der Waals surface area contributed by atoms with E-state index >= 15 is 0 Å². The van der Waals surface area contributed by atoms with Gasteiger partial charge in [0.1, 0.15) is 0 Å². The van der Waals surface area contributed by atoms with E-state index in [1.54, 1.807) is 12.1 Å². The highest BCUT2D eigenvalue weighted by atomic mass is 16.7. The first kappa shape index (κ1) is 9.34. The van der Waals surface area contributed by atoms with Crippen LogP contribution in [-0.4, -0.2) is 11.4 Å². The van der Waals surface area contributed by atoms with E-state index in [1.165, 1.54) is 0 Å². The molecule has 0 spiro atoms. The fraction of sp³-hybridized carbons (Fsp3) is 0.455. The minimum absolute atomic E-state index is 0.191. The molecule has 0 bridgehead atoms. The van der Waals surface area contributed by atoms with Gasteiger partial charge in [0, 0.05) is 11.5 Å². The summed E-state index contributed by atoms with van der Waals surface area (Å²) < 4.78 is 11.0. The maximum absolute atomic E-state index is 9.58. The first-order valence-electron chi connectivity index (χ1n) is 4.77. The monoisotopic (exact) mass is 194 g/mol. The number of benzene rings is 1. The lowest BCUT2D eigenvalue weighted by Crippen LogP contribution is -2.30. The van der Waals surface area contributed by atoms with Crippen LogP contribution in [0.5, 0.6) is 11.5 Å². The van der Waals surface area contributed by atoms with Gasteiger partial charge in [-0.05, 0) is 6.07 Å². The number of hydrogen-bond donors (Lipinski definition) is 1. The number of para-hydroxylation sites is 1. The van der Waals surface area contributed by atoms with Gasteiger partial charge in [-0.2, -0.15) is 0 Å². The van der Waals surface area contributed by atoms with Crippen LogP contribution in [0.2, 0.25) is 0 Å². The fourth-order valence-corrected chi connectivity index (χ4v) is 1.47. The molecule has 0 aliphatic carbocycles. The van der Waals surface area contributed by atoms with Crippen LogP contribution in [0, 0.1) is 5.92 Å². The van der Waals surface area contributed by atoms with E-state index < -0.39 is 0 Å². The smallest absolute Gasteiger partial charge is 0.202 e. The molecule has 1 unspecified atom stereocenters. The standard InChI is InChI=1S/C11H14O3/c1-7(2)11-13-6-8-4-3-5-9(12)10(8)14-11/h3-5,7,11-12H,6H2,1-2H3. The quantitative estimate of drug-likeness (QED) is 0.745. The molecule has 3 nitrogen and oxygen atoms in total. The summed E-state index contributed by atoms with van der Waals surface area (Å²) in [4.78, 5) is 0. The van der Waals surface area contributed by atoms with Crippen molar-refractivity contribution in [3.8, 4) is 11.5 Å². The molecule has 1 aliphatic rings. The molecular formula is C11H14O3. The molecule has 0 saturated heterocycles. The van der Waals surface area contributed by atoms with Crippen LogP contribution in [0.25, 0.3) is 0 Å². The Labute approximate surface area is 83.3 Å². The molecule has 1 atom stereocenters. The van der Waals surface area contributed by atoms with Crippen molar-refractivity contribution in [2.24, 2.45) is 5.92 Å². The number of fused-ring (bicyclic) bond motifs is 1. The topological polar surface area (TPSA) is 38.7 Å². The van der Waals surface area contributed by atoms with Gasteiger partial charge in [-0.15, -0.1) is 0 Å². The molecule has 3 heteroatoms. The molecule has 0 saturated carbocycles. The maximum Gasteiger partial charge on any atom is 0.202 e. The molecule has 1 aliphatic heterocycles. The van der Waals surface area contributed by atoms with E-state index in [1.807, 2.05) is 19.9 Å². The van der Waals surface area contributed by atoms with Crippen LogP contribution in [-0.2, 0) is 11.3 Å². The summed E-state index contributed by atoms with van der Waals surface area (Å²) in [5.74, 6) is 1.04. The zero-order chi connectivity index (χ0) is 10.1. The van der Waals surface area contributed by atoms with Crippen LogP contribution < -0.4 is 4.74 Å². The summed E-state index contributed by atoms with van der Waals surface area (Å²) in [6.07, 6.45) is -0.254. The van der Waals surface area contributed by atoms with Gasteiger partial charge in [-0.3, -0.25) is 0 Å². The highest BCUT2D eigenvalue weighted by Gasteiger charge is 2.24. The number of phenols is 1. The van der Waals surface area contributed by atoms with Gasteiger partial charge >= 0.3 is 0 Å². The Bertz CT molecular complexity index is 333. The van der Waals surface area contributed by atoms with Gasteiger partial charge < -0.3 is 14.6 Å². The second-order valence-corrected chi connectivity index (χ2v) is 3.81. The van der Waals surface area contributed by atoms with Gasteiger partial charge in [-0.25, -0.2) is 0 Å². The lowest BCUT2D eigenvalue weighted by atomic mass is 10.1. The van der Waals surface area contributed by atoms with Crippen molar-refractivity contribution in [3.63, 3.8) is 0 Å². The highest BCUT2D eigenvalue weighted by molar-refractivity contribution is 5.45. The molecule has 0 fully saturated rings. The average molecular weight is 194 g/mol. The summed E-state index contributed by atoms with van der Waals surface area (Å²) in [7, 11) is 0. The van der Waals surface area contributed by atoms with Crippen molar-refractivity contribution in [2.75, 3.05) is 0 Å². The van der Waals surface area contributed by atoms with Gasteiger partial charge in [-0.1, -0.05) is 26.0 Å². The van der Waals surface area contributed by atoms with Gasteiger partial charge in [0.2, 0.25) is 6.29 Å². The Balaban J connectivity index is 2.29. The van der Waals surface area contributed by atoms with Crippen LogP contribution in [0.3, 0.4) is 0 Å². The predicted octanol–water partition coefficient (Wildman–Crippen LogP) is 2.28. The average Bonchev–Trinajstić information content (AvgIpc) is 2.18. The summed E-state index contributed by atoms with van der Waals surface area (Å²) >= 11 is 0. The molecule has 1 aromatic carbocycles. The minimum Gasteiger partial charge on any atom is -0.504 e. The number of aromatic hydroxyl groups is 1. The van der Waals surface area contributed by atoms with Crippen LogP contribution in [0.1, 0.15) is 19.4 Å². The zero-order valence-electron chi connectivity index (χ0n) is 8.36. The van der Waals surface area contributed by atoms with Crippen LogP contribution >= 0.6 is 0 Å². The highest BCUT2D eigenvalue weighted by Crippen LogP contribution is 2.35. The maximum atomic E-state index is 9.58. The third-order valence-corrected chi connectivity index (χ3v) is 2.26. The Morgan fingerprint density at radius 2 is 2.21 bits per heavy atom. The number of hydrogen-bond acceptors (Lipinski definition) is 3. The molecule has 0 amide bonds. The second kappa shape index (κ2) is 3.50. The van der Waals surface area contributed by atoms with E-state index in [0.29, 0.717) is 12.4 Å². The Morgan fingerprint density at radius 3 is 2.93 bits per heavy atom. The van der Waals surface area contributed by atoms with Crippen molar-refractivity contribution >= 4 is 0 Å². The Morgan fingerprint density at radius 1 is 1.43 bits per heavy atom. The van der Waals surface area contributed by atoms with Crippen LogP contribution in [0.4, 0.5) is 0 Å². The van der Waals surface area contributed by atoms with Crippen molar-refractivity contribution < 1.29 is 14.6 Å². The first-order chi connectivity index (χ1) is 6.68. The SMILES string of the molecule is CC(C)C1OCc2cccc(O)c2O1. The van der Waals surface area contributed by atoms with Crippen molar-refractivity contribution in [3.05, 3.63) is 23.8 Å². The fourth-order valence-electron chi connectivity index (χ4n) is 1.47. The molecule has 0 aromatic heterocycles. The normalized spacial score (nSPS) is 20.4. The molecule has 1 N–H and O–H groups in total. The molecule has 76 valence electrons. The second-order valence-electron chi connectivity index (χ2n) is 3.81. The number of rotatable bonds is 1. The third-order valence-electron chi connectivity index (χ3n) is 2.26. The van der Waals surface area contributed by atoms with Crippen molar-refractivity contribution in [2.45, 2.75) is 26.7 Å². The summed E-state index contributed by atoms with van der Waals surface area (Å²) in [6, 6.07) is 5.31. The van der Waals surface area contributed by atoms with E-state index in [-0.39, 0.29) is 18.0 Å². The molecule has 14 heavy (non-hydrogen) atoms. The third kappa shape index (κ3) is 1.55. The number of phenolic OH excluding ortho intramolecular Hbond substituents is 1. The lowest BCUT2D eigenvalue weighted by molar-refractivity contribution is -0.133. The van der Waals surface area contributed by atoms with Gasteiger partial charge in [0.25, 0.3) is 0 Å². The summed E-state index contributed by atoms with van der Waals surface area (Å²) in [5.41, 5.74) is 0.905. The largest absolute Gasteiger partial charge is 0.504 e. The summed E-state index contributed by atoms with van der Waals surface area (Å²) in [5, 5.41) is 9.58. The molecular weight excluding hydrogens is 180 g/mol. The van der Waals surface area contributed by atoms with Gasteiger partial charge in [0.15, 0.2) is 11.5 Å². The van der Waals surface area contributed by atoms with Crippen LogP contribution in [0.15, 0.2) is 18.2 Å². The predicted molar refractivity (Wildman–Crippen MR) is 52.1 cm³/mol. The van der Waals surface area contributed by atoms with Crippen molar-refractivity contribution in [1.82, 2.24) is 0 Å². The van der Waals surface area contributed by atoms with E-state index in [9.17, 15) is 5.11 Å².